The summed E-state index contributed by atoms with van der Waals surface area (Å²) in [6.45, 7) is 1.99. The van der Waals surface area contributed by atoms with Gasteiger partial charge in [-0.05, 0) is 44.2 Å². The number of likely N-dealkylation sites (tertiary alicyclic amines) is 1. The molecule has 6 rings (SSSR count). The highest BCUT2D eigenvalue weighted by Gasteiger charge is 2.32. The molecule has 236 valence electrons. The number of H-pyrrole nitrogens is 1. The minimum atomic E-state index is -0.509. The molecule has 11 nitrogen and oxygen atoms in total. The van der Waals surface area contributed by atoms with Crippen molar-refractivity contribution in [1.82, 2.24) is 30.2 Å². The third-order valence-electron chi connectivity index (χ3n) is 8.21. The molecule has 13 heteroatoms. The Morgan fingerprint density at radius 1 is 1.18 bits per heavy atom. The fraction of sp³-hybridized carbons (Fsp3) is 0.406. The number of Topliss-reactive ketones (excluding diaryl/α,β-unsaturated/α-hetero) is 1. The molecule has 2 atom stereocenters. The number of ether oxygens (including phenoxy) is 2. The van der Waals surface area contributed by atoms with Crippen molar-refractivity contribution in [2.24, 2.45) is 5.92 Å². The number of anilines is 2. The van der Waals surface area contributed by atoms with Gasteiger partial charge in [0.05, 0.1) is 48.1 Å². The molecule has 2 saturated heterocycles. The zero-order chi connectivity index (χ0) is 31.5. The molecule has 2 aromatic heterocycles. The normalized spacial score (nSPS) is 17.1. The second-order valence-electron chi connectivity index (χ2n) is 11.6. The summed E-state index contributed by atoms with van der Waals surface area (Å²) < 4.78 is 24.5. The Hall–Kier alpha value is -4.13. The van der Waals surface area contributed by atoms with Crippen molar-refractivity contribution >= 4 is 45.7 Å². The summed E-state index contributed by atoms with van der Waals surface area (Å²) in [5.41, 5.74) is 2.64. The Morgan fingerprint density at radius 2 is 2.00 bits per heavy atom. The maximum absolute atomic E-state index is 13.7. The van der Waals surface area contributed by atoms with Crippen LogP contribution in [0.5, 0.6) is 5.75 Å². The minimum absolute atomic E-state index is 0.00182. The van der Waals surface area contributed by atoms with Crippen LogP contribution in [0.3, 0.4) is 0 Å². The fourth-order valence-corrected chi connectivity index (χ4v) is 5.76. The summed E-state index contributed by atoms with van der Waals surface area (Å²) in [6.07, 6.45) is 6.61. The van der Waals surface area contributed by atoms with E-state index in [1.807, 2.05) is 19.2 Å². The van der Waals surface area contributed by atoms with E-state index in [1.165, 1.54) is 18.5 Å². The number of halogens is 2. The molecule has 45 heavy (non-hydrogen) atoms. The van der Waals surface area contributed by atoms with Crippen molar-refractivity contribution in [3.8, 4) is 17.0 Å². The first-order chi connectivity index (χ1) is 21.8. The van der Waals surface area contributed by atoms with E-state index in [-0.39, 0.29) is 34.8 Å². The number of hydrogen-bond acceptors (Lipinski definition) is 9. The number of ketones is 1. The average Bonchev–Trinajstić information content (AvgIpc) is 3.76. The highest BCUT2D eigenvalue weighted by molar-refractivity contribution is 6.31. The molecule has 2 aliphatic rings. The van der Waals surface area contributed by atoms with E-state index in [0.29, 0.717) is 59.1 Å². The number of aromatic amines is 1. The number of nitrogens with one attached hydrogen (secondary N) is 3. The number of hydrogen-bond donors (Lipinski definition) is 3. The van der Waals surface area contributed by atoms with Crippen molar-refractivity contribution in [2.45, 2.75) is 44.2 Å². The first kappa shape index (κ1) is 30.9. The molecule has 2 fully saturated rings. The standard InChI is InChI=1S/C32H35ClFN7O4/c1-41-14-18(15-41)32(43)40-24(6-4-3-5-7-27(42)29-16-45-29)31-35-13-26(39-31)20-11-21-25(12-28(20)44-2)36-17-37-30(21)38-19-8-9-23(34)22(33)10-19/h8-13,17-18,24,29H,3-7,14-16H2,1-2H3,(H,35,39)(H,40,43)(H,36,37,38)/t24-,29?/m0/s1. The van der Waals surface area contributed by atoms with Gasteiger partial charge in [0.15, 0.2) is 5.78 Å². The number of epoxide rings is 1. The van der Waals surface area contributed by atoms with Crippen molar-refractivity contribution < 1.29 is 23.5 Å². The van der Waals surface area contributed by atoms with E-state index in [9.17, 15) is 14.0 Å². The summed E-state index contributed by atoms with van der Waals surface area (Å²) in [4.78, 5) is 44.1. The quantitative estimate of drug-likeness (QED) is 0.126. The molecule has 4 heterocycles. The fourth-order valence-electron chi connectivity index (χ4n) is 5.58. The lowest BCUT2D eigenvalue weighted by molar-refractivity contribution is -0.130. The second-order valence-corrected chi connectivity index (χ2v) is 12.0. The van der Waals surface area contributed by atoms with Crippen LogP contribution in [0.2, 0.25) is 5.02 Å². The highest BCUT2D eigenvalue weighted by atomic mass is 35.5. The maximum atomic E-state index is 13.7. The van der Waals surface area contributed by atoms with E-state index in [0.717, 1.165) is 37.9 Å². The topological polar surface area (TPSA) is 138 Å². The number of nitrogens with zero attached hydrogens (tertiary/aromatic N) is 4. The van der Waals surface area contributed by atoms with Crippen LogP contribution < -0.4 is 15.4 Å². The van der Waals surface area contributed by atoms with Gasteiger partial charge in [0, 0.05) is 42.2 Å². The number of carbonyl (C=O) groups excluding carboxylic acids is 2. The molecular formula is C32H35ClFN7O4. The SMILES string of the molecule is COc1cc2ncnc(Nc3ccc(F)c(Cl)c3)c2cc1-c1cnc([C@H](CCCCCC(=O)C2CO2)NC(=O)C2CN(C)C2)[nH]1. The molecule has 3 N–H and O–H groups in total. The lowest BCUT2D eigenvalue weighted by Gasteiger charge is -2.35. The highest BCUT2D eigenvalue weighted by Crippen LogP contribution is 2.36. The Labute approximate surface area is 264 Å². The van der Waals surface area contributed by atoms with Crippen molar-refractivity contribution in [3.63, 3.8) is 0 Å². The number of carbonyl (C=O) groups is 2. The van der Waals surface area contributed by atoms with E-state index in [1.54, 1.807) is 19.4 Å². The largest absolute Gasteiger partial charge is 0.496 e. The van der Waals surface area contributed by atoms with Gasteiger partial charge in [0.1, 0.15) is 35.6 Å². The Kier molecular flexibility index (Phi) is 9.24. The Balaban J connectivity index is 1.23. The maximum Gasteiger partial charge on any atom is 0.226 e. The lowest BCUT2D eigenvalue weighted by atomic mass is 9.98. The van der Waals surface area contributed by atoms with Crippen molar-refractivity contribution in [3.05, 3.63) is 59.5 Å². The molecule has 2 aliphatic heterocycles. The van der Waals surface area contributed by atoms with Gasteiger partial charge in [0.25, 0.3) is 0 Å². The van der Waals surface area contributed by atoms with Gasteiger partial charge >= 0.3 is 0 Å². The van der Waals surface area contributed by atoms with E-state index >= 15 is 0 Å². The molecule has 0 radical (unpaired) electrons. The van der Waals surface area contributed by atoms with Gasteiger partial charge < -0.3 is 30.0 Å². The number of methoxy groups -OCH3 is 1. The van der Waals surface area contributed by atoms with Crippen LogP contribution in [0, 0.1) is 11.7 Å². The molecule has 0 saturated carbocycles. The van der Waals surface area contributed by atoms with Crippen LogP contribution in [0.25, 0.3) is 22.2 Å². The predicted molar refractivity (Wildman–Crippen MR) is 168 cm³/mol. The zero-order valence-corrected chi connectivity index (χ0v) is 25.9. The number of rotatable bonds is 14. The van der Waals surface area contributed by atoms with Gasteiger partial charge in [-0.25, -0.2) is 19.3 Å². The number of amides is 1. The number of unbranched alkanes of at least 4 members (excludes halogenated alkanes) is 2. The molecule has 0 aliphatic carbocycles. The average molecular weight is 636 g/mol. The molecule has 4 aromatic rings. The first-order valence-electron chi connectivity index (χ1n) is 15.0. The number of imidazole rings is 1. The van der Waals surface area contributed by atoms with Gasteiger partial charge in [-0.1, -0.05) is 24.4 Å². The summed E-state index contributed by atoms with van der Waals surface area (Å²) in [6, 6.07) is 7.75. The zero-order valence-electron chi connectivity index (χ0n) is 25.1. The Bertz CT molecular complexity index is 1710. The summed E-state index contributed by atoms with van der Waals surface area (Å²) in [7, 11) is 3.58. The van der Waals surface area contributed by atoms with E-state index in [2.05, 4.69) is 35.5 Å². The molecular weight excluding hydrogens is 601 g/mol. The van der Waals surface area contributed by atoms with Crippen LogP contribution in [0.15, 0.2) is 42.9 Å². The third-order valence-corrected chi connectivity index (χ3v) is 8.50. The first-order valence-corrected chi connectivity index (χ1v) is 15.4. The van der Waals surface area contributed by atoms with Crippen LogP contribution in [0.1, 0.15) is 44.0 Å². The van der Waals surface area contributed by atoms with E-state index < -0.39 is 5.82 Å². The van der Waals surface area contributed by atoms with Gasteiger partial charge in [-0.3, -0.25) is 9.59 Å². The lowest BCUT2D eigenvalue weighted by Crippen LogP contribution is -2.52. The Morgan fingerprint density at radius 3 is 2.73 bits per heavy atom. The third kappa shape index (κ3) is 7.24. The monoisotopic (exact) mass is 635 g/mol. The predicted octanol–water partition coefficient (Wildman–Crippen LogP) is 5.20. The molecule has 0 spiro atoms. The smallest absolute Gasteiger partial charge is 0.226 e. The van der Waals surface area contributed by atoms with E-state index in [4.69, 9.17) is 21.1 Å². The van der Waals surface area contributed by atoms with Crippen molar-refractivity contribution in [1.29, 1.82) is 0 Å². The van der Waals surface area contributed by atoms with Gasteiger partial charge in [-0.2, -0.15) is 0 Å². The second kappa shape index (κ2) is 13.5. The molecule has 1 amide bonds. The molecule has 0 bridgehead atoms. The minimum Gasteiger partial charge on any atom is -0.496 e. The number of aromatic nitrogens is 4. The summed E-state index contributed by atoms with van der Waals surface area (Å²) in [5.74, 6) is 1.34. The summed E-state index contributed by atoms with van der Waals surface area (Å²) >= 11 is 5.99. The van der Waals surface area contributed by atoms with Crippen LogP contribution in [-0.4, -0.2) is 76.5 Å². The van der Waals surface area contributed by atoms with Gasteiger partial charge in [-0.15, -0.1) is 0 Å². The van der Waals surface area contributed by atoms with Crippen LogP contribution >= 0.6 is 11.6 Å². The number of fused-ring (bicyclic) bond motifs is 1. The van der Waals surface area contributed by atoms with Gasteiger partial charge in [0.2, 0.25) is 5.91 Å². The molecule has 1 unspecified atom stereocenters. The van der Waals surface area contributed by atoms with Crippen molar-refractivity contribution in [2.75, 3.05) is 39.2 Å². The number of benzene rings is 2. The van der Waals surface area contributed by atoms with Crippen LogP contribution in [-0.2, 0) is 14.3 Å². The van der Waals surface area contributed by atoms with Crippen LogP contribution in [0.4, 0.5) is 15.9 Å². The summed E-state index contributed by atoms with van der Waals surface area (Å²) in [5, 5.41) is 7.11. The molecule has 2 aromatic carbocycles.